The van der Waals surface area contributed by atoms with Gasteiger partial charge in [0.2, 0.25) is 0 Å². The molecule has 0 aliphatic carbocycles. The van der Waals surface area contributed by atoms with Crippen LogP contribution in [0.1, 0.15) is 53.4 Å². The summed E-state index contributed by atoms with van der Waals surface area (Å²) in [6.07, 6.45) is 5.57. The standard InChI is InChI=1S/C14H29NO/c1-12(2)14(3,4)11-15-9-5-7-13-8-6-10-16-13/h12-13,15H,5-11H2,1-4H3. The normalized spacial score (nSPS) is 21.9. The van der Waals surface area contributed by atoms with Crippen molar-refractivity contribution in [3.05, 3.63) is 0 Å². The average molecular weight is 227 g/mol. The van der Waals surface area contributed by atoms with Crippen molar-refractivity contribution >= 4 is 0 Å². The number of nitrogens with one attached hydrogen (secondary N) is 1. The highest BCUT2D eigenvalue weighted by atomic mass is 16.5. The third-order valence-corrected chi connectivity index (χ3v) is 4.05. The smallest absolute Gasteiger partial charge is 0.0576 e. The average Bonchev–Trinajstić information content (AvgIpc) is 2.69. The molecule has 0 spiro atoms. The Labute approximate surface area is 101 Å². The van der Waals surface area contributed by atoms with Crippen LogP contribution in [0, 0.1) is 11.3 Å². The summed E-state index contributed by atoms with van der Waals surface area (Å²) in [7, 11) is 0. The Morgan fingerprint density at radius 1 is 1.38 bits per heavy atom. The van der Waals surface area contributed by atoms with Crippen LogP contribution >= 0.6 is 0 Å². The highest BCUT2D eigenvalue weighted by Gasteiger charge is 2.21. The Morgan fingerprint density at radius 3 is 2.69 bits per heavy atom. The van der Waals surface area contributed by atoms with Crippen molar-refractivity contribution in [3.63, 3.8) is 0 Å². The molecule has 1 saturated heterocycles. The Bertz CT molecular complexity index is 183. The Morgan fingerprint density at radius 2 is 2.12 bits per heavy atom. The van der Waals surface area contributed by atoms with Gasteiger partial charge in [0, 0.05) is 13.2 Å². The van der Waals surface area contributed by atoms with Gasteiger partial charge in [0.25, 0.3) is 0 Å². The zero-order valence-electron chi connectivity index (χ0n) is 11.5. The molecule has 2 heteroatoms. The largest absolute Gasteiger partial charge is 0.378 e. The molecule has 0 amide bonds. The van der Waals surface area contributed by atoms with Crippen LogP contribution in [-0.2, 0) is 4.74 Å². The van der Waals surface area contributed by atoms with Crippen molar-refractivity contribution in [2.75, 3.05) is 19.7 Å². The van der Waals surface area contributed by atoms with Crippen LogP contribution in [0.3, 0.4) is 0 Å². The molecule has 1 fully saturated rings. The molecule has 0 saturated carbocycles. The van der Waals surface area contributed by atoms with Crippen molar-refractivity contribution < 1.29 is 4.74 Å². The lowest BCUT2D eigenvalue weighted by Crippen LogP contribution is -2.34. The number of rotatable bonds is 7. The molecule has 0 aromatic heterocycles. The van der Waals surface area contributed by atoms with E-state index in [1.54, 1.807) is 0 Å². The van der Waals surface area contributed by atoms with Crippen LogP contribution in [-0.4, -0.2) is 25.8 Å². The summed E-state index contributed by atoms with van der Waals surface area (Å²) < 4.78 is 5.61. The first-order valence-electron chi connectivity index (χ1n) is 6.84. The quantitative estimate of drug-likeness (QED) is 0.674. The van der Waals surface area contributed by atoms with Gasteiger partial charge in [-0.25, -0.2) is 0 Å². The van der Waals surface area contributed by atoms with Gasteiger partial charge in [0.05, 0.1) is 6.10 Å². The molecule has 0 aromatic carbocycles. The first-order valence-corrected chi connectivity index (χ1v) is 6.84. The van der Waals surface area contributed by atoms with Gasteiger partial charge in [-0.2, -0.15) is 0 Å². The van der Waals surface area contributed by atoms with E-state index in [9.17, 15) is 0 Å². The Hall–Kier alpha value is -0.0800. The molecule has 2 nitrogen and oxygen atoms in total. The molecule has 1 heterocycles. The van der Waals surface area contributed by atoms with Gasteiger partial charge in [-0.1, -0.05) is 27.7 Å². The van der Waals surface area contributed by atoms with Crippen molar-refractivity contribution in [2.45, 2.75) is 59.5 Å². The fourth-order valence-electron chi connectivity index (χ4n) is 1.94. The van der Waals surface area contributed by atoms with Crippen LogP contribution < -0.4 is 5.32 Å². The molecule has 16 heavy (non-hydrogen) atoms. The minimum atomic E-state index is 0.407. The summed E-state index contributed by atoms with van der Waals surface area (Å²) in [5, 5.41) is 3.58. The highest BCUT2D eigenvalue weighted by molar-refractivity contribution is 4.75. The lowest BCUT2D eigenvalue weighted by atomic mass is 9.81. The SMILES string of the molecule is CC(C)C(C)(C)CNCCCC1CCCO1. The Balaban J connectivity index is 1.99. The van der Waals surface area contributed by atoms with E-state index in [2.05, 4.69) is 33.0 Å². The van der Waals surface area contributed by atoms with E-state index in [-0.39, 0.29) is 0 Å². The fraction of sp³-hybridized carbons (Fsp3) is 1.00. The molecular formula is C14H29NO. The lowest BCUT2D eigenvalue weighted by Gasteiger charge is -2.29. The monoisotopic (exact) mass is 227 g/mol. The van der Waals surface area contributed by atoms with E-state index in [1.807, 2.05) is 0 Å². The van der Waals surface area contributed by atoms with Crippen LogP contribution in [0.4, 0.5) is 0 Å². The van der Waals surface area contributed by atoms with Crippen LogP contribution in [0.5, 0.6) is 0 Å². The first-order chi connectivity index (χ1) is 7.52. The van der Waals surface area contributed by atoms with E-state index in [4.69, 9.17) is 4.74 Å². The molecule has 96 valence electrons. The van der Waals surface area contributed by atoms with Gasteiger partial charge in [0.1, 0.15) is 0 Å². The van der Waals surface area contributed by atoms with Crippen LogP contribution in [0.25, 0.3) is 0 Å². The van der Waals surface area contributed by atoms with E-state index < -0.39 is 0 Å². The molecule has 0 bridgehead atoms. The molecule has 1 N–H and O–H groups in total. The van der Waals surface area contributed by atoms with E-state index >= 15 is 0 Å². The Kier molecular flexibility index (Phi) is 5.77. The van der Waals surface area contributed by atoms with E-state index in [0.29, 0.717) is 11.5 Å². The second-order valence-electron chi connectivity index (χ2n) is 6.10. The van der Waals surface area contributed by atoms with Gasteiger partial charge >= 0.3 is 0 Å². The second-order valence-corrected chi connectivity index (χ2v) is 6.10. The summed E-state index contributed by atoms with van der Waals surface area (Å²) >= 11 is 0. The zero-order valence-corrected chi connectivity index (χ0v) is 11.5. The minimum Gasteiger partial charge on any atom is -0.378 e. The van der Waals surface area contributed by atoms with Gasteiger partial charge < -0.3 is 10.1 Å². The molecule has 1 aliphatic rings. The van der Waals surface area contributed by atoms with Gasteiger partial charge in [0.15, 0.2) is 0 Å². The summed E-state index contributed by atoms with van der Waals surface area (Å²) in [4.78, 5) is 0. The fourth-order valence-corrected chi connectivity index (χ4v) is 1.94. The predicted octanol–water partition coefficient (Wildman–Crippen LogP) is 3.22. The van der Waals surface area contributed by atoms with Crippen molar-refractivity contribution in [1.82, 2.24) is 5.32 Å². The molecule has 0 radical (unpaired) electrons. The minimum absolute atomic E-state index is 0.407. The molecule has 0 aromatic rings. The zero-order chi connectivity index (χ0) is 12.0. The molecular weight excluding hydrogens is 198 g/mol. The first kappa shape index (κ1) is 14.0. The van der Waals surface area contributed by atoms with Crippen LogP contribution in [0.2, 0.25) is 0 Å². The van der Waals surface area contributed by atoms with Crippen molar-refractivity contribution in [2.24, 2.45) is 11.3 Å². The van der Waals surface area contributed by atoms with Crippen molar-refractivity contribution in [3.8, 4) is 0 Å². The molecule has 1 aliphatic heterocycles. The summed E-state index contributed by atoms with van der Waals surface area (Å²) in [5.41, 5.74) is 0.407. The van der Waals surface area contributed by atoms with Crippen molar-refractivity contribution in [1.29, 1.82) is 0 Å². The number of hydrogen-bond donors (Lipinski definition) is 1. The summed E-state index contributed by atoms with van der Waals surface area (Å²) in [5.74, 6) is 0.734. The predicted molar refractivity (Wildman–Crippen MR) is 69.7 cm³/mol. The third kappa shape index (κ3) is 4.84. The summed E-state index contributed by atoms with van der Waals surface area (Å²) in [6.45, 7) is 12.5. The maximum atomic E-state index is 5.61. The second kappa shape index (κ2) is 6.61. The topological polar surface area (TPSA) is 21.3 Å². The van der Waals surface area contributed by atoms with Gasteiger partial charge in [-0.15, -0.1) is 0 Å². The van der Waals surface area contributed by atoms with Gasteiger partial charge in [-0.3, -0.25) is 0 Å². The third-order valence-electron chi connectivity index (χ3n) is 4.05. The maximum absolute atomic E-state index is 5.61. The maximum Gasteiger partial charge on any atom is 0.0576 e. The molecule has 1 atom stereocenters. The van der Waals surface area contributed by atoms with Crippen LogP contribution in [0.15, 0.2) is 0 Å². The summed E-state index contributed by atoms with van der Waals surface area (Å²) in [6, 6.07) is 0. The van der Waals surface area contributed by atoms with E-state index in [0.717, 1.165) is 25.6 Å². The highest BCUT2D eigenvalue weighted by Crippen LogP contribution is 2.24. The molecule has 1 rings (SSSR count). The number of hydrogen-bond acceptors (Lipinski definition) is 2. The number of ether oxygens (including phenoxy) is 1. The van der Waals surface area contributed by atoms with E-state index in [1.165, 1.54) is 25.7 Å². The molecule has 1 unspecified atom stereocenters. The lowest BCUT2D eigenvalue weighted by molar-refractivity contribution is 0.102. The van der Waals surface area contributed by atoms with Gasteiger partial charge in [-0.05, 0) is 43.6 Å².